The third-order valence-electron chi connectivity index (χ3n) is 3.47. The van der Waals surface area contributed by atoms with Gasteiger partial charge in [-0.15, -0.1) is 23.7 Å². The van der Waals surface area contributed by atoms with E-state index in [4.69, 9.17) is 10.5 Å². The second-order valence-electron chi connectivity index (χ2n) is 5.35. The van der Waals surface area contributed by atoms with Crippen LogP contribution in [0.1, 0.15) is 22.4 Å². The number of amides is 1. The van der Waals surface area contributed by atoms with Crippen molar-refractivity contribution >= 4 is 34.8 Å². The number of hydrogen-bond acceptors (Lipinski definition) is 5. The van der Waals surface area contributed by atoms with Gasteiger partial charge in [-0.25, -0.2) is 4.98 Å². The lowest BCUT2D eigenvalue weighted by atomic mass is 10.1. The Balaban J connectivity index is 0.00000338. The number of methoxy groups -OCH3 is 1. The second-order valence-corrected chi connectivity index (χ2v) is 6.46. The number of alkyl halides is 3. The first-order valence-corrected chi connectivity index (χ1v) is 8.27. The number of carbonyl (C=O) groups excluding carboxylic acids is 1. The van der Waals surface area contributed by atoms with Crippen molar-refractivity contribution in [2.75, 3.05) is 19.0 Å². The Morgan fingerprint density at radius 3 is 2.54 bits per heavy atom. The predicted molar refractivity (Wildman–Crippen MR) is 96.7 cm³/mol. The Morgan fingerprint density at radius 2 is 2.00 bits per heavy atom. The fourth-order valence-electron chi connectivity index (χ4n) is 2.10. The van der Waals surface area contributed by atoms with E-state index >= 15 is 0 Å². The Bertz CT molecular complexity index is 704. The normalized spacial score (nSPS) is 12.3. The highest BCUT2D eigenvalue weighted by Crippen LogP contribution is 2.29. The van der Waals surface area contributed by atoms with Crippen LogP contribution in [-0.2, 0) is 22.1 Å². The quantitative estimate of drug-likeness (QED) is 0.734. The summed E-state index contributed by atoms with van der Waals surface area (Å²) in [7, 11) is 1.48. The molecule has 0 spiro atoms. The zero-order chi connectivity index (χ0) is 18.4. The average molecular weight is 410 g/mol. The van der Waals surface area contributed by atoms with Gasteiger partial charge in [0.25, 0.3) is 0 Å². The number of aromatic nitrogens is 1. The van der Waals surface area contributed by atoms with Gasteiger partial charge >= 0.3 is 6.18 Å². The van der Waals surface area contributed by atoms with E-state index in [1.165, 1.54) is 30.6 Å². The topological polar surface area (TPSA) is 77.2 Å². The molecule has 10 heteroatoms. The highest BCUT2D eigenvalue weighted by molar-refractivity contribution is 7.15. The Morgan fingerprint density at radius 1 is 1.35 bits per heavy atom. The lowest BCUT2D eigenvalue weighted by Gasteiger charge is -2.11. The minimum absolute atomic E-state index is 0. The maximum atomic E-state index is 12.5. The van der Waals surface area contributed by atoms with Crippen molar-refractivity contribution < 1.29 is 22.7 Å². The summed E-state index contributed by atoms with van der Waals surface area (Å²) in [4.78, 5) is 16.8. The molecule has 1 atom stereocenters. The van der Waals surface area contributed by atoms with Crippen LogP contribution in [-0.4, -0.2) is 30.6 Å². The summed E-state index contributed by atoms with van der Waals surface area (Å²) >= 11 is 1.27. The van der Waals surface area contributed by atoms with Gasteiger partial charge in [-0.2, -0.15) is 13.2 Å². The van der Waals surface area contributed by atoms with Crippen LogP contribution in [0.3, 0.4) is 0 Å². The molecule has 1 heterocycles. The van der Waals surface area contributed by atoms with Crippen LogP contribution in [0.4, 0.5) is 18.3 Å². The number of carbonyl (C=O) groups is 1. The van der Waals surface area contributed by atoms with Crippen molar-refractivity contribution in [3.8, 4) is 0 Å². The molecule has 26 heavy (non-hydrogen) atoms. The molecule has 144 valence electrons. The Hall–Kier alpha value is -1.68. The van der Waals surface area contributed by atoms with Crippen LogP contribution >= 0.6 is 23.7 Å². The van der Waals surface area contributed by atoms with Crippen LogP contribution in [0.15, 0.2) is 30.5 Å². The largest absolute Gasteiger partial charge is 0.416 e. The van der Waals surface area contributed by atoms with Crippen molar-refractivity contribution in [2.24, 2.45) is 5.73 Å². The third kappa shape index (κ3) is 6.56. The number of anilines is 1. The van der Waals surface area contributed by atoms with Crippen LogP contribution in [0, 0.1) is 0 Å². The van der Waals surface area contributed by atoms with Gasteiger partial charge in [0.1, 0.15) is 0 Å². The lowest BCUT2D eigenvalue weighted by Crippen LogP contribution is -2.28. The van der Waals surface area contributed by atoms with Gasteiger partial charge in [0.2, 0.25) is 5.91 Å². The van der Waals surface area contributed by atoms with E-state index in [-0.39, 0.29) is 37.4 Å². The molecule has 0 bridgehead atoms. The summed E-state index contributed by atoms with van der Waals surface area (Å²) in [5.74, 6) is -0.257. The number of halogens is 4. The molecule has 0 aliphatic heterocycles. The van der Waals surface area contributed by atoms with Crippen molar-refractivity contribution in [3.63, 3.8) is 0 Å². The highest BCUT2D eigenvalue weighted by atomic mass is 35.5. The number of benzene rings is 1. The molecule has 2 aromatic rings. The predicted octanol–water partition coefficient (Wildman–Crippen LogP) is 3.48. The van der Waals surface area contributed by atoms with Crippen molar-refractivity contribution in [2.45, 2.75) is 25.1 Å². The maximum absolute atomic E-state index is 12.5. The molecule has 0 aliphatic rings. The Kier molecular flexibility index (Phi) is 8.48. The molecule has 0 aliphatic carbocycles. The molecule has 2 rings (SSSR count). The van der Waals surface area contributed by atoms with Crippen molar-refractivity contribution in [1.29, 1.82) is 0 Å². The van der Waals surface area contributed by atoms with E-state index in [1.807, 2.05) is 0 Å². The highest BCUT2D eigenvalue weighted by Gasteiger charge is 2.29. The van der Waals surface area contributed by atoms with Crippen LogP contribution < -0.4 is 11.1 Å². The number of ether oxygens (including phenoxy) is 1. The van der Waals surface area contributed by atoms with E-state index in [2.05, 4.69) is 10.3 Å². The molecule has 1 unspecified atom stereocenters. The van der Waals surface area contributed by atoms with Crippen molar-refractivity contribution in [3.05, 3.63) is 46.5 Å². The van der Waals surface area contributed by atoms with Gasteiger partial charge in [0.15, 0.2) is 5.13 Å². The molecule has 1 aromatic carbocycles. The van der Waals surface area contributed by atoms with E-state index < -0.39 is 11.7 Å². The fourth-order valence-corrected chi connectivity index (χ4v) is 2.96. The lowest BCUT2D eigenvalue weighted by molar-refractivity contribution is -0.137. The molecule has 1 aromatic heterocycles. The van der Waals surface area contributed by atoms with E-state index in [0.717, 1.165) is 22.6 Å². The van der Waals surface area contributed by atoms with Crippen LogP contribution in [0.2, 0.25) is 0 Å². The molecular formula is C16H19ClF3N3O2S. The summed E-state index contributed by atoms with van der Waals surface area (Å²) in [5.41, 5.74) is 5.52. The number of nitrogens with two attached hydrogens (primary N) is 1. The van der Waals surface area contributed by atoms with Crippen LogP contribution in [0.25, 0.3) is 0 Å². The zero-order valence-corrected chi connectivity index (χ0v) is 15.5. The summed E-state index contributed by atoms with van der Waals surface area (Å²) in [6.45, 7) is 0.237. The molecule has 5 nitrogen and oxygen atoms in total. The summed E-state index contributed by atoms with van der Waals surface area (Å²) < 4.78 is 42.7. The van der Waals surface area contributed by atoms with Gasteiger partial charge in [-0.05, 0) is 17.7 Å². The molecule has 0 fully saturated rings. The average Bonchev–Trinajstić information content (AvgIpc) is 2.99. The summed E-state index contributed by atoms with van der Waals surface area (Å²) in [6.07, 6.45) is -2.54. The van der Waals surface area contributed by atoms with Gasteiger partial charge in [-0.3, -0.25) is 4.79 Å². The third-order valence-corrected chi connectivity index (χ3v) is 4.38. The molecule has 1 amide bonds. The van der Waals surface area contributed by atoms with E-state index in [0.29, 0.717) is 11.6 Å². The van der Waals surface area contributed by atoms with Gasteiger partial charge < -0.3 is 15.8 Å². The number of hydrogen-bond donors (Lipinski definition) is 2. The first-order chi connectivity index (χ1) is 11.8. The first kappa shape index (κ1) is 22.4. The van der Waals surface area contributed by atoms with Crippen molar-refractivity contribution in [1.82, 2.24) is 4.98 Å². The van der Waals surface area contributed by atoms with E-state index in [9.17, 15) is 18.0 Å². The fraction of sp³-hybridized carbons (Fsp3) is 0.375. The van der Waals surface area contributed by atoms with E-state index in [1.54, 1.807) is 6.20 Å². The molecule has 0 saturated carbocycles. The molecule has 3 N–H and O–H groups in total. The monoisotopic (exact) mass is 409 g/mol. The molecule has 0 saturated heterocycles. The zero-order valence-electron chi connectivity index (χ0n) is 13.9. The molecule has 0 radical (unpaired) electrons. The minimum Gasteiger partial charge on any atom is -0.380 e. The smallest absolute Gasteiger partial charge is 0.380 e. The Labute approximate surface area is 159 Å². The van der Waals surface area contributed by atoms with Gasteiger partial charge in [0.05, 0.1) is 18.1 Å². The number of rotatable bonds is 7. The number of nitrogens with one attached hydrogen (secondary N) is 1. The maximum Gasteiger partial charge on any atom is 0.416 e. The number of thiazole rings is 1. The van der Waals surface area contributed by atoms with Gasteiger partial charge in [-0.1, -0.05) is 12.1 Å². The standard InChI is InChI=1S/C16H18F3N3O2S.ClH/c1-24-12(8-20)7-14(23)22-15-21-9-13(25-15)6-10-2-4-11(5-3-10)16(17,18)19;/h2-5,9,12H,6-8,20H2,1H3,(H,21,22,23);1H. The van der Waals surface area contributed by atoms with Gasteiger partial charge in [0, 0.05) is 31.1 Å². The summed E-state index contributed by atoms with van der Waals surface area (Å²) in [5, 5.41) is 3.09. The minimum atomic E-state index is -4.34. The first-order valence-electron chi connectivity index (χ1n) is 7.45. The molecular weight excluding hydrogens is 391 g/mol. The SMILES string of the molecule is COC(CN)CC(=O)Nc1ncc(Cc2ccc(C(F)(F)F)cc2)s1.Cl. The van der Waals surface area contributed by atoms with Crippen LogP contribution in [0.5, 0.6) is 0 Å². The second kappa shape index (κ2) is 9.86. The number of nitrogens with zero attached hydrogens (tertiary/aromatic N) is 1. The summed E-state index contributed by atoms with van der Waals surface area (Å²) in [6, 6.07) is 4.98.